The van der Waals surface area contributed by atoms with Gasteiger partial charge in [-0.3, -0.25) is 0 Å². The number of allylic oxidation sites excluding steroid dienone is 4. The zero-order valence-electron chi connectivity index (χ0n) is 19.5. The van der Waals surface area contributed by atoms with Gasteiger partial charge in [-0.05, 0) is 93.5 Å². The molecule has 0 aromatic rings. The van der Waals surface area contributed by atoms with Gasteiger partial charge in [0.15, 0.2) is 5.60 Å². The van der Waals surface area contributed by atoms with E-state index in [2.05, 4.69) is 32.6 Å². The molecule has 7 atom stereocenters. The van der Waals surface area contributed by atoms with Gasteiger partial charge >= 0.3 is 5.97 Å². The Morgan fingerprint density at radius 1 is 1.23 bits per heavy atom. The number of carbonyl (C=O) groups is 1. The molecule has 4 aliphatic rings. The van der Waals surface area contributed by atoms with E-state index in [-0.39, 0.29) is 17.6 Å². The summed E-state index contributed by atoms with van der Waals surface area (Å²) >= 11 is 0. The summed E-state index contributed by atoms with van der Waals surface area (Å²) in [6.45, 7) is 10.6. The molecule has 4 rings (SSSR count). The van der Waals surface area contributed by atoms with E-state index in [1.54, 1.807) is 12.5 Å². The van der Waals surface area contributed by atoms with E-state index < -0.39 is 11.6 Å². The third-order valence-electron chi connectivity index (χ3n) is 8.89. The molecule has 0 aromatic carbocycles. The predicted molar refractivity (Wildman–Crippen MR) is 122 cm³/mol. The topological polar surface area (TPSA) is 66.8 Å². The maximum Gasteiger partial charge on any atom is 0.338 e. The first-order valence-electron chi connectivity index (χ1n) is 12.3. The van der Waals surface area contributed by atoms with Gasteiger partial charge in [0.2, 0.25) is 0 Å². The van der Waals surface area contributed by atoms with Crippen molar-refractivity contribution in [3.63, 3.8) is 0 Å². The average molecular weight is 429 g/mol. The minimum Gasteiger partial charge on any atom is -0.460 e. The van der Waals surface area contributed by atoms with Gasteiger partial charge in [0.1, 0.15) is 6.10 Å². The molecule has 3 unspecified atom stereocenters. The molecule has 3 aliphatic carbocycles. The second kappa shape index (κ2) is 8.51. The van der Waals surface area contributed by atoms with Gasteiger partial charge < -0.3 is 14.9 Å². The van der Waals surface area contributed by atoms with Gasteiger partial charge in [0, 0.05) is 6.42 Å². The monoisotopic (exact) mass is 428 g/mol. The number of esters is 1. The Morgan fingerprint density at radius 3 is 2.71 bits per heavy atom. The first-order chi connectivity index (χ1) is 14.6. The molecule has 172 valence electrons. The maximum absolute atomic E-state index is 11.9. The predicted octanol–water partition coefficient (Wildman–Crippen LogP) is 5.25. The number of fused-ring (bicyclic) bond motifs is 1. The lowest BCUT2D eigenvalue weighted by Gasteiger charge is -2.44. The first-order valence-corrected chi connectivity index (χ1v) is 12.3. The van der Waals surface area contributed by atoms with E-state index in [0.29, 0.717) is 24.2 Å². The van der Waals surface area contributed by atoms with E-state index in [9.17, 15) is 15.0 Å². The molecule has 0 spiro atoms. The zero-order chi connectivity index (χ0) is 22.4. The lowest BCUT2D eigenvalue weighted by Crippen LogP contribution is -2.36. The first kappa shape index (κ1) is 22.8. The quantitative estimate of drug-likeness (QED) is 0.600. The zero-order valence-corrected chi connectivity index (χ0v) is 19.5. The third kappa shape index (κ3) is 4.43. The van der Waals surface area contributed by atoms with Crippen molar-refractivity contribution in [1.82, 2.24) is 0 Å². The van der Waals surface area contributed by atoms with Crippen LogP contribution >= 0.6 is 0 Å². The summed E-state index contributed by atoms with van der Waals surface area (Å²) in [7, 11) is 0. The number of ether oxygens (including phenoxy) is 1. The molecule has 0 bridgehead atoms. The summed E-state index contributed by atoms with van der Waals surface area (Å²) in [5.41, 5.74) is 2.93. The van der Waals surface area contributed by atoms with E-state index in [1.807, 2.05) is 0 Å². The Kier molecular flexibility index (Phi) is 6.26. The molecule has 1 saturated heterocycles. The summed E-state index contributed by atoms with van der Waals surface area (Å²) in [5.74, 6) is 1.23. The van der Waals surface area contributed by atoms with Crippen LogP contribution in [0.2, 0.25) is 0 Å². The van der Waals surface area contributed by atoms with Gasteiger partial charge in [-0.2, -0.15) is 0 Å². The molecule has 0 amide bonds. The smallest absolute Gasteiger partial charge is 0.338 e. The van der Waals surface area contributed by atoms with Crippen LogP contribution in [0.3, 0.4) is 0 Å². The lowest BCUT2D eigenvalue weighted by atomic mass is 9.60. The lowest BCUT2D eigenvalue weighted by molar-refractivity contribution is -0.154. The van der Waals surface area contributed by atoms with Crippen LogP contribution in [0.25, 0.3) is 0 Å². The number of rotatable bonds is 4. The SMILES string of the molecule is C=C1CC[C@H](O)CC1=CC=C1CCC[C@@]2(C)C1CC[C@@H]2[C@H](C)CC1CC(C)(O)C(=O)O1. The van der Waals surface area contributed by atoms with Crippen molar-refractivity contribution in [3.05, 3.63) is 35.5 Å². The molecule has 2 N–H and O–H groups in total. The van der Waals surface area contributed by atoms with Crippen molar-refractivity contribution in [2.45, 2.75) is 103 Å². The molecule has 3 saturated carbocycles. The van der Waals surface area contributed by atoms with Crippen LogP contribution in [0.1, 0.15) is 85.0 Å². The van der Waals surface area contributed by atoms with Gasteiger partial charge in [0.05, 0.1) is 6.10 Å². The number of hydrogen-bond acceptors (Lipinski definition) is 4. The summed E-state index contributed by atoms with van der Waals surface area (Å²) in [5, 5.41) is 20.2. The molecule has 4 heteroatoms. The van der Waals surface area contributed by atoms with Crippen LogP contribution in [0.5, 0.6) is 0 Å². The molecule has 0 aromatic heterocycles. The molecule has 31 heavy (non-hydrogen) atoms. The van der Waals surface area contributed by atoms with Gasteiger partial charge in [-0.15, -0.1) is 0 Å². The van der Waals surface area contributed by atoms with Crippen molar-refractivity contribution in [1.29, 1.82) is 0 Å². The summed E-state index contributed by atoms with van der Waals surface area (Å²) in [6, 6.07) is 0. The fourth-order valence-electron chi connectivity index (χ4n) is 7.17. The average Bonchev–Trinajstić information content (AvgIpc) is 3.17. The number of hydrogen-bond donors (Lipinski definition) is 2. The van der Waals surface area contributed by atoms with Crippen LogP contribution in [-0.4, -0.2) is 34.0 Å². The fraction of sp³-hybridized carbons (Fsp3) is 0.741. The highest BCUT2D eigenvalue weighted by atomic mass is 16.6. The second-order valence-electron chi connectivity index (χ2n) is 11.2. The summed E-state index contributed by atoms with van der Waals surface area (Å²) in [6.07, 6.45) is 14.0. The Balaban J connectivity index is 1.46. The highest BCUT2D eigenvalue weighted by Crippen LogP contribution is 2.60. The minimum atomic E-state index is -1.32. The van der Waals surface area contributed by atoms with E-state index >= 15 is 0 Å². The Morgan fingerprint density at radius 2 is 2.00 bits per heavy atom. The molecule has 4 fully saturated rings. The molecule has 0 radical (unpaired) electrons. The van der Waals surface area contributed by atoms with Crippen LogP contribution in [0, 0.1) is 23.2 Å². The van der Waals surface area contributed by atoms with Crippen LogP contribution < -0.4 is 0 Å². The van der Waals surface area contributed by atoms with Crippen molar-refractivity contribution in [2.75, 3.05) is 0 Å². The van der Waals surface area contributed by atoms with Crippen molar-refractivity contribution in [2.24, 2.45) is 23.2 Å². The van der Waals surface area contributed by atoms with Gasteiger partial charge in [0.25, 0.3) is 0 Å². The van der Waals surface area contributed by atoms with Gasteiger partial charge in [-0.25, -0.2) is 4.79 Å². The number of carbonyl (C=O) groups excluding carboxylic acids is 1. The number of aliphatic hydroxyl groups is 2. The highest BCUT2D eigenvalue weighted by molar-refractivity contribution is 5.80. The largest absolute Gasteiger partial charge is 0.460 e. The summed E-state index contributed by atoms with van der Waals surface area (Å²) in [4.78, 5) is 11.9. The second-order valence-corrected chi connectivity index (χ2v) is 11.2. The number of aliphatic hydroxyl groups excluding tert-OH is 1. The third-order valence-corrected chi connectivity index (χ3v) is 8.89. The van der Waals surface area contributed by atoms with E-state index in [4.69, 9.17) is 4.74 Å². The minimum absolute atomic E-state index is 0.160. The molecule has 1 heterocycles. The Bertz CT molecular complexity index is 791. The molecular weight excluding hydrogens is 388 g/mol. The molecule has 4 nitrogen and oxygen atoms in total. The normalized spacial score (nSPS) is 44.5. The fourth-order valence-corrected chi connectivity index (χ4v) is 7.17. The standard InChI is InChI=1S/C27H40O4/c1-17-7-10-21(28)15-20(17)9-8-19-6-5-13-26(3)23(11-12-24(19)26)18(2)14-22-16-27(4,30)25(29)31-22/h8-9,18,21-24,28,30H,1,5-7,10-16H2,2-4H3/t18-,21+,22?,23-,24?,26-,27?/m1/s1. The van der Waals surface area contributed by atoms with Crippen LogP contribution in [0.4, 0.5) is 0 Å². The van der Waals surface area contributed by atoms with Crippen molar-refractivity contribution >= 4 is 5.97 Å². The van der Waals surface area contributed by atoms with Crippen LogP contribution in [-0.2, 0) is 9.53 Å². The Hall–Kier alpha value is -1.39. The summed E-state index contributed by atoms with van der Waals surface area (Å²) < 4.78 is 5.48. The highest BCUT2D eigenvalue weighted by Gasteiger charge is 2.52. The number of cyclic esters (lactones) is 1. The van der Waals surface area contributed by atoms with Crippen LogP contribution in [0.15, 0.2) is 35.5 Å². The van der Waals surface area contributed by atoms with E-state index in [1.165, 1.54) is 43.3 Å². The maximum atomic E-state index is 11.9. The molecular formula is C27H40O4. The molecule has 1 aliphatic heterocycles. The van der Waals surface area contributed by atoms with Crippen molar-refractivity contribution in [3.8, 4) is 0 Å². The van der Waals surface area contributed by atoms with Crippen molar-refractivity contribution < 1.29 is 19.7 Å². The van der Waals surface area contributed by atoms with E-state index in [0.717, 1.165) is 25.7 Å². The Labute approximate surface area is 187 Å². The van der Waals surface area contributed by atoms with Gasteiger partial charge in [-0.1, -0.05) is 43.7 Å².